The van der Waals surface area contributed by atoms with Crippen LogP contribution >= 0.6 is 0 Å². The molecule has 0 saturated heterocycles. The van der Waals surface area contributed by atoms with Crippen LogP contribution < -0.4 is 5.43 Å². The minimum Gasteiger partial charge on any atom is -0.437 e. The lowest BCUT2D eigenvalue weighted by Crippen LogP contribution is -2.05. The maximum Gasteiger partial charge on any atom is 0.230 e. The number of hydrogen-bond donors (Lipinski definition) is 0. The van der Waals surface area contributed by atoms with E-state index < -0.39 is 0 Å². The van der Waals surface area contributed by atoms with Gasteiger partial charge < -0.3 is 4.42 Å². The molecule has 88 valence electrons. The molecule has 1 aliphatic rings. The summed E-state index contributed by atoms with van der Waals surface area (Å²) in [7, 11) is 0. The minimum absolute atomic E-state index is 0.0434. The van der Waals surface area contributed by atoms with Crippen LogP contribution in [-0.2, 0) is 0 Å². The largest absolute Gasteiger partial charge is 0.437 e. The molecule has 3 nitrogen and oxygen atoms in total. The monoisotopic (exact) mass is 237 g/mol. The van der Waals surface area contributed by atoms with Crippen molar-refractivity contribution < 1.29 is 4.42 Å². The van der Waals surface area contributed by atoms with Gasteiger partial charge in [0.05, 0.1) is 10.8 Å². The summed E-state index contributed by atoms with van der Waals surface area (Å²) in [5.74, 6) is 0.513. The van der Waals surface area contributed by atoms with Gasteiger partial charge in [-0.15, -0.1) is 0 Å². The second kappa shape index (κ2) is 3.42. The van der Waals surface area contributed by atoms with Crippen LogP contribution in [0.5, 0.6) is 0 Å². The summed E-state index contributed by atoms with van der Waals surface area (Å²) < 4.78 is 5.73. The number of hydrogen-bond acceptors (Lipinski definition) is 3. The van der Waals surface area contributed by atoms with Crippen LogP contribution in [0.25, 0.3) is 22.1 Å². The van der Waals surface area contributed by atoms with Gasteiger partial charge in [0.1, 0.15) is 5.58 Å². The molecule has 18 heavy (non-hydrogen) atoms. The summed E-state index contributed by atoms with van der Waals surface area (Å²) >= 11 is 0. The summed E-state index contributed by atoms with van der Waals surface area (Å²) in [6.45, 7) is 0. The highest BCUT2D eigenvalue weighted by molar-refractivity contribution is 5.90. The van der Waals surface area contributed by atoms with Crippen molar-refractivity contribution >= 4 is 22.1 Å². The number of rotatable bonds is 1. The van der Waals surface area contributed by atoms with E-state index in [2.05, 4.69) is 4.98 Å². The molecule has 2 heterocycles. The second-order valence-corrected chi connectivity index (χ2v) is 4.78. The van der Waals surface area contributed by atoms with Gasteiger partial charge in [-0.1, -0.05) is 12.1 Å². The van der Waals surface area contributed by atoms with Crippen molar-refractivity contribution in [2.24, 2.45) is 0 Å². The lowest BCUT2D eigenvalue weighted by molar-refractivity contribution is 0.644. The molecule has 0 atom stereocenters. The molecular formula is C15H11NO2. The van der Waals surface area contributed by atoms with Gasteiger partial charge in [0.2, 0.25) is 11.1 Å². The van der Waals surface area contributed by atoms with Gasteiger partial charge in [0.15, 0.2) is 0 Å². The number of fused-ring (bicyclic) bond motifs is 2. The molecule has 0 N–H and O–H groups in total. The van der Waals surface area contributed by atoms with Crippen molar-refractivity contribution in [2.45, 2.75) is 18.8 Å². The summed E-state index contributed by atoms with van der Waals surface area (Å²) in [5, 5.41) is 1.30. The van der Waals surface area contributed by atoms with E-state index in [1.165, 1.54) is 0 Å². The fraction of sp³-hybridized carbons (Fsp3) is 0.200. The first-order chi connectivity index (χ1) is 8.84. The second-order valence-electron chi connectivity index (χ2n) is 4.78. The average Bonchev–Trinajstić information content (AvgIpc) is 3.22. The van der Waals surface area contributed by atoms with Gasteiger partial charge in [0, 0.05) is 6.20 Å². The summed E-state index contributed by atoms with van der Waals surface area (Å²) in [5.41, 5.74) is 2.21. The SMILES string of the molecule is O=c1c2ccccc2oc2nccc(C3CC3)c12. The zero-order valence-corrected chi connectivity index (χ0v) is 9.72. The number of pyridine rings is 1. The predicted molar refractivity (Wildman–Crippen MR) is 69.8 cm³/mol. The normalized spacial score (nSPS) is 15.3. The van der Waals surface area contributed by atoms with Crippen molar-refractivity contribution in [3.63, 3.8) is 0 Å². The first kappa shape index (κ1) is 9.83. The van der Waals surface area contributed by atoms with E-state index in [1.807, 2.05) is 30.3 Å². The van der Waals surface area contributed by atoms with Crippen molar-refractivity contribution in [3.8, 4) is 0 Å². The van der Waals surface area contributed by atoms with E-state index >= 15 is 0 Å². The Morgan fingerprint density at radius 1 is 1.17 bits per heavy atom. The third kappa shape index (κ3) is 1.30. The summed E-state index contributed by atoms with van der Waals surface area (Å²) in [4.78, 5) is 16.7. The Morgan fingerprint density at radius 3 is 2.83 bits per heavy atom. The molecule has 1 fully saturated rings. The molecule has 2 aromatic heterocycles. The number of benzene rings is 1. The molecule has 0 aliphatic heterocycles. The van der Waals surface area contributed by atoms with Crippen molar-refractivity contribution in [2.75, 3.05) is 0 Å². The molecule has 0 spiro atoms. The van der Waals surface area contributed by atoms with Gasteiger partial charge in [-0.3, -0.25) is 4.79 Å². The van der Waals surface area contributed by atoms with E-state index in [1.54, 1.807) is 6.20 Å². The predicted octanol–water partition coefficient (Wildman–Crippen LogP) is 3.22. The first-order valence-electron chi connectivity index (χ1n) is 6.15. The Hall–Kier alpha value is -2.16. The number of para-hydroxylation sites is 1. The molecule has 3 aromatic rings. The molecule has 1 aliphatic carbocycles. The summed E-state index contributed by atoms with van der Waals surface area (Å²) in [6, 6.07) is 9.29. The van der Waals surface area contributed by atoms with E-state index in [9.17, 15) is 4.79 Å². The van der Waals surface area contributed by atoms with E-state index in [0.29, 0.717) is 28.0 Å². The topological polar surface area (TPSA) is 43.1 Å². The third-order valence-electron chi connectivity index (χ3n) is 3.53. The zero-order valence-electron chi connectivity index (χ0n) is 9.72. The van der Waals surface area contributed by atoms with Crippen molar-refractivity contribution in [3.05, 3.63) is 52.3 Å². The van der Waals surface area contributed by atoms with E-state index in [4.69, 9.17) is 4.42 Å². The highest BCUT2D eigenvalue weighted by Gasteiger charge is 2.27. The Bertz CT molecular complexity index is 815. The molecule has 1 saturated carbocycles. The maximum atomic E-state index is 12.5. The van der Waals surface area contributed by atoms with Crippen LogP contribution in [0.2, 0.25) is 0 Å². The van der Waals surface area contributed by atoms with E-state index in [0.717, 1.165) is 18.4 Å². The van der Waals surface area contributed by atoms with Crippen LogP contribution in [0.3, 0.4) is 0 Å². The highest BCUT2D eigenvalue weighted by atomic mass is 16.3. The molecule has 0 amide bonds. The molecule has 4 rings (SSSR count). The smallest absolute Gasteiger partial charge is 0.230 e. The fourth-order valence-corrected chi connectivity index (χ4v) is 2.48. The molecular weight excluding hydrogens is 226 g/mol. The molecule has 1 aromatic carbocycles. The van der Waals surface area contributed by atoms with Crippen molar-refractivity contribution in [1.29, 1.82) is 0 Å². The average molecular weight is 237 g/mol. The maximum absolute atomic E-state index is 12.5. The van der Waals surface area contributed by atoms with E-state index in [-0.39, 0.29) is 5.43 Å². The lowest BCUT2D eigenvalue weighted by atomic mass is 10.1. The minimum atomic E-state index is 0.0434. The van der Waals surface area contributed by atoms with Crippen LogP contribution in [0.1, 0.15) is 24.3 Å². The highest BCUT2D eigenvalue weighted by Crippen LogP contribution is 2.42. The standard InChI is InChI=1S/C15H11NO2/c17-14-11-3-1-2-4-12(11)18-15-13(14)10(7-8-16-15)9-5-6-9/h1-4,7-9H,5-6H2. The lowest BCUT2D eigenvalue weighted by Gasteiger charge is -2.04. The van der Waals surface area contributed by atoms with Crippen LogP contribution in [0, 0.1) is 0 Å². The number of aromatic nitrogens is 1. The Balaban J connectivity index is 2.23. The summed E-state index contributed by atoms with van der Waals surface area (Å²) in [6.07, 6.45) is 4.05. The van der Waals surface area contributed by atoms with Crippen molar-refractivity contribution in [1.82, 2.24) is 4.98 Å². The molecule has 0 unspecified atom stereocenters. The molecule has 3 heteroatoms. The fourth-order valence-electron chi connectivity index (χ4n) is 2.48. The quantitative estimate of drug-likeness (QED) is 0.610. The molecule has 0 bridgehead atoms. The van der Waals surface area contributed by atoms with Gasteiger partial charge in [-0.25, -0.2) is 4.98 Å². The van der Waals surface area contributed by atoms with Crippen LogP contribution in [0.15, 0.2) is 45.7 Å². The van der Waals surface area contributed by atoms with Gasteiger partial charge in [0.25, 0.3) is 0 Å². The van der Waals surface area contributed by atoms with Gasteiger partial charge >= 0.3 is 0 Å². The third-order valence-corrected chi connectivity index (χ3v) is 3.53. The Morgan fingerprint density at radius 2 is 2.00 bits per heavy atom. The van der Waals surface area contributed by atoms with Crippen LogP contribution in [-0.4, -0.2) is 4.98 Å². The number of nitrogens with zero attached hydrogens (tertiary/aromatic N) is 1. The van der Waals surface area contributed by atoms with Gasteiger partial charge in [-0.2, -0.15) is 0 Å². The molecule has 0 radical (unpaired) electrons. The van der Waals surface area contributed by atoms with Gasteiger partial charge in [-0.05, 0) is 42.5 Å². The Labute approximate surface area is 103 Å². The first-order valence-corrected chi connectivity index (χ1v) is 6.15. The van der Waals surface area contributed by atoms with Crippen LogP contribution in [0.4, 0.5) is 0 Å². The zero-order chi connectivity index (χ0) is 12.1. The Kier molecular flexibility index (Phi) is 1.87.